The quantitative estimate of drug-likeness (QED) is 0.514. The molecule has 1 unspecified atom stereocenters. The number of nitrogens with zero attached hydrogens (tertiary/aromatic N) is 4. The van der Waals surface area contributed by atoms with Crippen LogP contribution in [0.25, 0.3) is 17.0 Å². The van der Waals surface area contributed by atoms with Crippen molar-refractivity contribution in [1.82, 2.24) is 25.4 Å². The third-order valence-corrected chi connectivity index (χ3v) is 5.43. The number of H-pyrrole nitrogens is 1. The first-order chi connectivity index (χ1) is 16.1. The van der Waals surface area contributed by atoms with Crippen LogP contribution in [0.1, 0.15) is 17.2 Å². The van der Waals surface area contributed by atoms with Crippen molar-refractivity contribution in [2.24, 2.45) is 4.99 Å². The van der Waals surface area contributed by atoms with Gasteiger partial charge in [0.15, 0.2) is 6.17 Å². The molecule has 0 fully saturated rings. The molecule has 9 heteroatoms. The average Bonchev–Trinajstić information content (AvgIpc) is 3.49. The van der Waals surface area contributed by atoms with Gasteiger partial charge in [0.25, 0.3) is 0 Å². The molecule has 0 saturated carbocycles. The third kappa shape index (κ3) is 4.25. The summed E-state index contributed by atoms with van der Waals surface area (Å²) in [5.74, 6) is 2.22. The lowest BCUT2D eigenvalue weighted by molar-refractivity contribution is 0.317. The van der Waals surface area contributed by atoms with Crippen LogP contribution in [0, 0.1) is 6.92 Å². The number of fused-ring (bicyclic) bond motifs is 1. The van der Waals surface area contributed by atoms with Crippen LogP contribution in [0.5, 0.6) is 11.5 Å². The Labute approximate surface area is 191 Å². The standard InChI is InChI=1S/C24H25N7O2/c1-15-5-4-6-20(28-15)24-23(16-7-8-22-26-14-27-31(22)13-16)29-21(30-24)12-25-17-9-18(32-2)11-19(10-17)33-3/h4-11,13-14,22,25H,12H2,1-3H3,(H,26,27)(H,29,30). The van der Waals surface area contributed by atoms with Crippen LogP contribution in [0.3, 0.4) is 0 Å². The summed E-state index contributed by atoms with van der Waals surface area (Å²) in [4.78, 5) is 17.5. The predicted octanol–water partition coefficient (Wildman–Crippen LogP) is 3.49. The number of anilines is 1. The molecular weight excluding hydrogens is 418 g/mol. The molecule has 2 aromatic heterocycles. The Morgan fingerprint density at radius 2 is 1.91 bits per heavy atom. The van der Waals surface area contributed by atoms with Crippen LogP contribution in [0.4, 0.5) is 5.69 Å². The lowest BCUT2D eigenvalue weighted by atomic mass is 10.1. The number of aliphatic imine (C=N–C) groups is 1. The van der Waals surface area contributed by atoms with E-state index >= 15 is 0 Å². The highest BCUT2D eigenvalue weighted by atomic mass is 16.5. The van der Waals surface area contributed by atoms with E-state index in [1.165, 1.54) is 0 Å². The van der Waals surface area contributed by atoms with Gasteiger partial charge >= 0.3 is 0 Å². The highest BCUT2D eigenvalue weighted by molar-refractivity contribution is 5.82. The number of hydrogen-bond acceptors (Lipinski definition) is 8. The number of methoxy groups -OCH3 is 2. The largest absolute Gasteiger partial charge is 0.497 e. The Bertz CT molecular complexity index is 1240. The Kier molecular flexibility index (Phi) is 5.43. The van der Waals surface area contributed by atoms with E-state index in [4.69, 9.17) is 19.4 Å². The van der Waals surface area contributed by atoms with Gasteiger partial charge in [-0.25, -0.2) is 9.98 Å². The minimum absolute atomic E-state index is 0.0302. The molecule has 4 heterocycles. The van der Waals surface area contributed by atoms with Gasteiger partial charge in [-0.15, -0.1) is 0 Å². The fraction of sp³-hybridized carbons (Fsp3) is 0.208. The monoisotopic (exact) mass is 443 g/mol. The average molecular weight is 444 g/mol. The van der Waals surface area contributed by atoms with Crippen LogP contribution in [0.15, 0.2) is 59.7 Å². The zero-order valence-corrected chi connectivity index (χ0v) is 18.7. The normalized spacial score (nSPS) is 16.3. The van der Waals surface area contributed by atoms with Gasteiger partial charge in [-0.2, -0.15) is 0 Å². The third-order valence-electron chi connectivity index (χ3n) is 5.43. The minimum Gasteiger partial charge on any atom is -0.497 e. The van der Waals surface area contributed by atoms with E-state index in [9.17, 15) is 0 Å². The molecule has 0 saturated heterocycles. The maximum absolute atomic E-state index is 5.37. The number of aryl methyl sites for hydroxylation is 1. The molecule has 0 radical (unpaired) electrons. The number of nitrogens with one attached hydrogen (secondary N) is 3. The molecule has 5 rings (SSSR count). The summed E-state index contributed by atoms with van der Waals surface area (Å²) >= 11 is 0. The van der Waals surface area contributed by atoms with Crippen LogP contribution in [0.2, 0.25) is 0 Å². The summed E-state index contributed by atoms with van der Waals surface area (Å²) in [6, 6.07) is 11.6. The number of hydrogen-bond donors (Lipinski definition) is 3. The van der Waals surface area contributed by atoms with E-state index in [0.717, 1.165) is 39.9 Å². The van der Waals surface area contributed by atoms with Gasteiger partial charge in [-0.05, 0) is 25.1 Å². The molecule has 1 atom stereocenters. The van der Waals surface area contributed by atoms with Crippen LogP contribution in [-0.2, 0) is 6.54 Å². The highest BCUT2D eigenvalue weighted by Gasteiger charge is 2.23. The zero-order chi connectivity index (χ0) is 22.8. The Morgan fingerprint density at radius 3 is 2.67 bits per heavy atom. The van der Waals surface area contributed by atoms with Crippen LogP contribution in [-0.4, -0.2) is 46.7 Å². The van der Waals surface area contributed by atoms with Crippen molar-refractivity contribution >= 4 is 17.6 Å². The molecule has 3 aromatic rings. The molecule has 0 spiro atoms. The maximum Gasteiger partial charge on any atom is 0.159 e. The van der Waals surface area contributed by atoms with E-state index in [-0.39, 0.29) is 6.17 Å². The number of aromatic nitrogens is 3. The first kappa shape index (κ1) is 20.6. The number of benzene rings is 1. The topological polar surface area (TPSA) is 99.7 Å². The number of pyridine rings is 1. The zero-order valence-electron chi connectivity index (χ0n) is 18.7. The molecule has 0 bridgehead atoms. The first-order valence-corrected chi connectivity index (χ1v) is 10.6. The van der Waals surface area contributed by atoms with E-state index in [2.05, 4.69) is 20.7 Å². The van der Waals surface area contributed by atoms with E-state index < -0.39 is 0 Å². The number of hydrazine groups is 1. The van der Waals surface area contributed by atoms with Gasteiger partial charge in [-0.3, -0.25) is 15.4 Å². The van der Waals surface area contributed by atoms with Crippen LogP contribution >= 0.6 is 0 Å². The summed E-state index contributed by atoms with van der Waals surface area (Å²) in [6.45, 7) is 2.47. The molecule has 9 nitrogen and oxygen atoms in total. The van der Waals surface area contributed by atoms with Gasteiger partial charge in [0, 0.05) is 41.4 Å². The Balaban J connectivity index is 1.47. The molecule has 1 aromatic carbocycles. The van der Waals surface area contributed by atoms with Crippen molar-refractivity contribution in [3.05, 3.63) is 72.0 Å². The molecule has 3 N–H and O–H groups in total. The van der Waals surface area contributed by atoms with Crippen molar-refractivity contribution < 1.29 is 9.47 Å². The SMILES string of the molecule is COc1cc(NCc2nc(C3=CN4NC=NC4C=C3)c(-c3cccc(C)n3)[nH]2)cc(OC)c1. The summed E-state index contributed by atoms with van der Waals surface area (Å²) in [6.07, 6.45) is 7.76. The van der Waals surface area contributed by atoms with Crippen LogP contribution < -0.4 is 20.2 Å². The number of imidazole rings is 1. The molecule has 0 aliphatic carbocycles. The molecule has 0 amide bonds. The molecule has 2 aliphatic rings. The van der Waals surface area contributed by atoms with Crippen molar-refractivity contribution in [2.45, 2.75) is 19.6 Å². The summed E-state index contributed by atoms with van der Waals surface area (Å²) < 4.78 is 10.7. The second kappa shape index (κ2) is 8.70. The number of ether oxygens (including phenoxy) is 2. The van der Waals surface area contributed by atoms with Gasteiger partial charge in [0.05, 0.1) is 37.8 Å². The van der Waals surface area contributed by atoms with E-state index in [1.54, 1.807) is 20.6 Å². The highest BCUT2D eigenvalue weighted by Crippen LogP contribution is 2.31. The summed E-state index contributed by atoms with van der Waals surface area (Å²) in [7, 11) is 3.27. The lowest BCUT2D eigenvalue weighted by Gasteiger charge is -2.22. The maximum atomic E-state index is 5.37. The van der Waals surface area contributed by atoms with Gasteiger partial charge in [-0.1, -0.05) is 12.1 Å². The first-order valence-electron chi connectivity index (χ1n) is 10.6. The van der Waals surface area contributed by atoms with Crippen molar-refractivity contribution in [3.63, 3.8) is 0 Å². The molecular formula is C24H25N7O2. The smallest absolute Gasteiger partial charge is 0.159 e. The minimum atomic E-state index is -0.0302. The molecule has 2 aliphatic heterocycles. The fourth-order valence-electron chi connectivity index (χ4n) is 3.78. The lowest BCUT2D eigenvalue weighted by Crippen LogP contribution is -2.34. The van der Waals surface area contributed by atoms with Gasteiger partial charge < -0.3 is 19.8 Å². The summed E-state index contributed by atoms with van der Waals surface area (Å²) in [5, 5.41) is 5.34. The van der Waals surface area contributed by atoms with Crippen molar-refractivity contribution in [2.75, 3.05) is 19.5 Å². The number of aromatic amines is 1. The number of allylic oxidation sites excluding steroid dienone is 2. The molecule has 33 heavy (non-hydrogen) atoms. The second-order valence-electron chi connectivity index (χ2n) is 7.70. The predicted molar refractivity (Wildman–Crippen MR) is 128 cm³/mol. The van der Waals surface area contributed by atoms with Crippen molar-refractivity contribution in [3.8, 4) is 22.9 Å². The van der Waals surface area contributed by atoms with Crippen molar-refractivity contribution in [1.29, 1.82) is 0 Å². The fourth-order valence-corrected chi connectivity index (χ4v) is 3.78. The summed E-state index contributed by atoms with van der Waals surface area (Å²) in [5.41, 5.74) is 8.45. The Hall–Kier alpha value is -4.27. The van der Waals surface area contributed by atoms with Gasteiger partial charge in [0.1, 0.15) is 23.7 Å². The van der Waals surface area contributed by atoms with E-state index in [0.29, 0.717) is 18.0 Å². The Morgan fingerprint density at radius 1 is 1.09 bits per heavy atom. The second-order valence-corrected chi connectivity index (χ2v) is 7.70. The van der Waals surface area contributed by atoms with E-state index in [1.807, 2.05) is 66.7 Å². The molecule has 168 valence electrons. The number of rotatable bonds is 7. The van der Waals surface area contributed by atoms with Gasteiger partial charge in [0.2, 0.25) is 0 Å².